The molecule has 5 heteroatoms. The van der Waals surface area contributed by atoms with Crippen LogP contribution in [0, 0.1) is 16.0 Å². The van der Waals surface area contributed by atoms with Crippen molar-refractivity contribution in [3.05, 3.63) is 32.8 Å². The molecule has 4 nitrogen and oxygen atoms in total. The molecule has 1 aliphatic carbocycles. The summed E-state index contributed by atoms with van der Waals surface area (Å²) in [6.07, 6.45) is 3.48. The molecule has 0 saturated heterocycles. The van der Waals surface area contributed by atoms with Gasteiger partial charge in [-0.1, -0.05) is 29.3 Å². The molecule has 2 atom stereocenters. The third kappa shape index (κ3) is 2.77. The van der Waals surface area contributed by atoms with Gasteiger partial charge in [-0.3, -0.25) is 10.1 Å². The van der Waals surface area contributed by atoms with Gasteiger partial charge in [-0.2, -0.15) is 0 Å². The minimum atomic E-state index is -0.339. The zero-order valence-corrected chi connectivity index (χ0v) is 11.2. The third-order valence-electron chi connectivity index (χ3n) is 3.36. The molecule has 0 aromatic heterocycles. The number of benzene rings is 1. The van der Waals surface area contributed by atoms with E-state index in [4.69, 9.17) is 0 Å². The lowest BCUT2D eigenvalue weighted by molar-refractivity contribution is -0.384. The lowest BCUT2D eigenvalue weighted by Crippen LogP contribution is -2.22. The van der Waals surface area contributed by atoms with E-state index in [1.165, 1.54) is 18.9 Å². The molecule has 0 spiro atoms. The first-order valence-corrected chi connectivity index (χ1v) is 6.57. The largest absolute Gasteiger partial charge is 0.376 e. The molecule has 0 heterocycles. The number of hydrogen-bond donors (Lipinski definition) is 1. The number of halogens is 1. The minimum Gasteiger partial charge on any atom is -0.376 e. The van der Waals surface area contributed by atoms with Crippen LogP contribution in [-0.4, -0.2) is 11.0 Å². The average molecular weight is 299 g/mol. The summed E-state index contributed by atoms with van der Waals surface area (Å²) in [4.78, 5) is 10.6. The van der Waals surface area contributed by atoms with Gasteiger partial charge in [-0.05, 0) is 30.9 Å². The molecule has 0 radical (unpaired) electrons. The monoisotopic (exact) mass is 298 g/mol. The van der Waals surface area contributed by atoms with E-state index in [0.29, 0.717) is 17.6 Å². The molecule has 2 rings (SSSR count). The van der Waals surface area contributed by atoms with Crippen LogP contribution in [0.2, 0.25) is 0 Å². The predicted molar refractivity (Wildman–Crippen MR) is 71.2 cm³/mol. The first kappa shape index (κ1) is 12.4. The highest BCUT2D eigenvalue weighted by atomic mass is 79.9. The van der Waals surface area contributed by atoms with Crippen molar-refractivity contribution in [1.29, 1.82) is 0 Å². The summed E-state index contributed by atoms with van der Waals surface area (Å²) in [5, 5.41) is 14.2. The lowest BCUT2D eigenvalue weighted by atomic mass is 10.1. The van der Waals surface area contributed by atoms with Gasteiger partial charge in [0.1, 0.15) is 5.69 Å². The molecule has 0 amide bonds. The Kier molecular flexibility index (Phi) is 3.66. The zero-order chi connectivity index (χ0) is 12.4. The summed E-state index contributed by atoms with van der Waals surface area (Å²) in [7, 11) is 0. The quantitative estimate of drug-likeness (QED) is 0.679. The highest BCUT2D eigenvalue weighted by molar-refractivity contribution is 9.10. The molecule has 92 valence electrons. The molecule has 1 aromatic rings. The Bertz CT molecular complexity index is 437. The van der Waals surface area contributed by atoms with Crippen LogP contribution in [0.25, 0.3) is 0 Å². The summed E-state index contributed by atoms with van der Waals surface area (Å²) in [6.45, 7) is 2.19. The lowest BCUT2D eigenvalue weighted by Gasteiger charge is -2.18. The maximum Gasteiger partial charge on any atom is 0.292 e. The zero-order valence-electron chi connectivity index (χ0n) is 9.65. The molecule has 0 aliphatic heterocycles. The van der Waals surface area contributed by atoms with E-state index in [9.17, 15) is 10.1 Å². The molecule has 1 aromatic carbocycles. The van der Waals surface area contributed by atoms with Crippen molar-refractivity contribution in [2.24, 2.45) is 5.92 Å². The molecule has 1 saturated carbocycles. The number of anilines is 1. The van der Waals surface area contributed by atoms with E-state index in [1.807, 2.05) is 0 Å². The van der Waals surface area contributed by atoms with E-state index in [-0.39, 0.29) is 10.6 Å². The summed E-state index contributed by atoms with van der Waals surface area (Å²) in [5.74, 6) is 0.577. The van der Waals surface area contributed by atoms with Crippen molar-refractivity contribution in [1.82, 2.24) is 0 Å². The maximum absolute atomic E-state index is 10.9. The number of hydrogen-bond acceptors (Lipinski definition) is 3. The highest BCUT2D eigenvalue weighted by Gasteiger charge is 2.25. The van der Waals surface area contributed by atoms with Gasteiger partial charge < -0.3 is 5.32 Å². The van der Waals surface area contributed by atoms with Crippen LogP contribution >= 0.6 is 15.9 Å². The maximum atomic E-state index is 10.9. The SMILES string of the molecule is CC1CCCC1Nc1cc(Br)ccc1[N+](=O)[O-]. The van der Waals surface area contributed by atoms with Crippen LogP contribution in [-0.2, 0) is 0 Å². The number of nitrogens with zero attached hydrogens (tertiary/aromatic N) is 1. The van der Waals surface area contributed by atoms with Crippen molar-refractivity contribution in [3.63, 3.8) is 0 Å². The van der Waals surface area contributed by atoms with Crippen molar-refractivity contribution >= 4 is 27.3 Å². The topological polar surface area (TPSA) is 55.2 Å². The van der Waals surface area contributed by atoms with E-state index in [0.717, 1.165) is 10.9 Å². The van der Waals surface area contributed by atoms with E-state index in [1.54, 1.807) is 12.1 Å². The van der Waals surface area contributed by atoms with Gasteiger partial charge in [0.25, 0.3) is 5.69 Å². The Balaban J connectivity index is 2.24. The van der Waals surface area contributed by atoms with Gasteiger partial charge in [-0.15, -0.1) is 0 Å². The fourth-order valence-corrected chi connectivity index (χ4v) is 2.70. The summed E-state index contributed by atoms with van der Waals surface area (Å²) in [6, 6.07) is 5.36. The molecular weight excluding hydrogens is 284 g/mol. The fourth-order valence-electron chi connectivity index (χ4n) is 2.34. The van der Waals surface area contributed by atoms with Crippen molar-refractivity contribution in [3.8, 4) is 0 Å². The molecule has 17 heavy (non-hydrogen) atoms. The Labute approximate surface area is 109 Å². The second-order valence-electron chi connectivity index (χ2n) is 4.58. The van der Waals surface area contributed by atoms with Gasteiger partial charge >= 0.3 is 0 Å². The van der Waals surface area contributed by atoms with Crippen molar-refractivity contribution in [2.75, 3.05) is 5.32 Å². The first-order valence-electron chi connectivity index (χ1n) is 5.78. The van der Waals surface area contributed by atoms with E-state index >= 15 is 0 Å². The van der Waals surface area contributed by atoms with Crippen LogP contribution < -0.4 is 5.32 Å². The van der Waals surface area contributed by atoms with Gasteiger partial charge in [-0.25, -0.2) is 0 Å². The molecular formula is C12H15BrN2O2. The summed E-state index contributed by atoms with van der Waals surface area (Å²) in [5.41, 5.74) is 0.760. The fraction of sp³-hybridized carbons (Fsp3) is 0.500. The molecule has 1 aliphatic rings. The second kappa shape index (κ2) is 5.04. The number of nitro groups is 1. The van der Waals surface area contributed by atoms with Crippen LogP contribution in [0.4, 0.5) is 11.4 Å². The highest BCUT2D eigenvalue weighted by Crippen LogP contribution is 2.33. The standard InChI is InChI=1S/C12H15BrN2O2/c1-8-3-2-4-10(8)14-11-7-9(13)5-6-12(11)15(16)17/h5-8,10,14H,2-4H2,1H3. The predicted octanol–water partition coefficient (Wildman–Crippen LogP) is 3.96. The van der Waals surface area contributed by atoms with Gasteiger partial charge in [0.2, 0.25) is 0 Å². The Morgan fingerprint density at radius 2 is 2.24 bits per heavy atom. The summed E-state index contributed by atoms with van der Waals surface area (Å²) < 4.78 is 0.858. The van der Waals surface area contributed by atoms with Crippen LogP contribution in [0.15, 0.2) is 22.7 Å². The second-order valence-corrected chi connectivity index (χ2v) is 5.49. The number of nitro benzene ring substituents is 1. The first-order chi connectivity index (χ1) is 8.08. The van der Waals surface area contributed by atoms with Gasteiger partial charge in [0, 0.05) is 16.6 Å². The van der Waals surface area contributed by atoms with Crippen molar-refractivity contribution in [2.45, 2.75) is 32.2 Å². The molecule has 1 N–H and O–H groups in total. The molecule has 2 unspecified atom stereocenters. The van der Waals surface area contributed by atoms with Crippen LogP contribution in [0.3, 0.4) is 0 Å². The van der Waals surface area contributed by atoms with E-state index in [2.05, 4.69) is 28.2 Å². The smallest absolute Gasteiger partial charge is 0.292 e. The van der Waals surface area contributed by atoms with Gasteiger partial charge in [0.15, 0.2) is 0 Å². The number of rotatable bonds is 3. The van der Waals surface area contributed by atoms with Crippen LogP contribution in [0.5, 0.6) is 0 Å². The van der Waals surface area contributed by atoms with E-state index < -0.39 is 0 Å². The average Bonchev–Trinajstić information content (AvgIpc) is 2.64. The minimum absolute atomic E-state index is 0.146. The Morgan fingerprint density at radius 1 is 1.47 bits per heavy atom. The third-order valence-corrected chi connectivity index (χ3v) is 3.85. The van der Waals surface area contributed by atoms with Crippen molar-refractivity contribution < 1.29 is 4.92 Å². The molecule has 0 bridgehead atoms. The normalized spacial score (nSPS) is 23.6. The van der Waals surface area contributed by atoms with Crippen LogP contribution in [0.1, 0.15) is 26.2 Å². The Morgan fingerprint density at radius 3 is 2.82 bits per heavy atom. The Hall–Kier alpha value is -1.10. The number of nitrogens with one attached hydrogen (secondary N) is 1. The summed E-state index contributed by atoms with van der Waals surface area (Å²) >= 11 is 3.35. The molecule has 1 fully saturated rings. The van der Waals surface area contributed by atoms with Gasteiger partial charge in [0.05, 0.1) is 4.92 Å².